The average molecular weight is 246 g/mol. The van der Waals surface area contributed by atoms with Gasteiger partial charge in [-0.2, -0.15) is 0 Å². The van der Waals surface area contributed by atoms with Gasteiger partial charge in [-0.25, -0.2) is 4.98 Å². The first-order valence-electron chi connectivity index (χ1n) is 6.00. The van der Waals surface area contributed by atoms with Gasteiger partial charge in [-0.05, 0) is 26.0 Å². The molecule has 2 N–H and O–H groups in total. The Morgan fingerprint density at radius 2 is 1.89 bits per heavy atom. The lowest BCUT2D eigenvalue weighted by Gasteiger charge is -2.13. The maximum atomic E-state index is 11.6. The maximum Gasteiger partial charge on any atom is 0.253 e. The van der Waals surface area contributed by atoms with E-state index in [1.807, 2.05) is 44.5 Å². The Kier molecular flexibility index (Phi) is 3.23. The third-order valence-electron chi connectivity index (χ3n) is 2.80. The number of aryl methyl sites for hydroxylation is 2. The van der Waals surface area contributed by atoms with E-state index in [9.17, 15) is 4.79 Å². The van der Waals surface area contributed by atoms with E-state index >= 15 is 0 Å². The van der Waals surface area contributed by atoms with Crippen LogP contribution >= 0.6 is 0 Å². The van der Waals surface area contributed by atoms with Crippen molar-refractivity contribution in [1.29, 1.82) is 0 Å². The molecule has 2 aromatic rings. The van der Waals surface area contributed by atoms with Crippen LogP contribution in [0.15, 0.2) is 23.0 Å². The van der Waals surface area contributed by atoms with Gasteiger partial charge in [0.25, 0.3) is 5.56 Å². The van der Waals surface area contributed by atoms with E-state index in [2.05, 4.69) is 15.4 Å². The van der Waals surface area contributed by atoms with Gasteiger partial charge in [0.15, 0.2) is 5.82 Å². The minimum absolute atomic E-state index is 0.140. The molecule has 0 bridgehead atoms. The highest BCUT2D eigenvalue weighted by molar-refractivity contribution is 5.35. The second-order valence-electron chi connectivity index (χ2n) is 4.73. The summed E-state index contributed by atoms with van der Waals surface area (Å²) in [5.41, 5.74) is 5.14. The zero-order valence-electron chi connectivity index (χ0n) is 11.1. The molecule has 96 valence electrons. The summed E-state index contributed by atoms with van der Waals surface area (Å²) in [7, 11) is 0. The SMILES string of the molecule is Cc1ccc(C)n1Nc1cc(=O)[nH]c(C(C)C)n1. The summed E-state index contributed by atoms with van der Waals surface area (Å²) in [6.07, 6.45) is 0. The fraction of sp³-hybridized carbons (Fsp3) is 0.385. The van der Waals surface area contributed by atoms with Crippen LogP contribution in [0.4, 0.5) is 5.82 Å². The Bertz CT molecular complexity index is 590. The molecular formula is C13H18N4O. The Morgan fingerprint density at radius 3 is 2.44 bits per heavy atom. The Morgan fingerprint density at radius 1 is 1.28 bits per heavy atom. The van der Waals surface area contributed by atoms with E-state index in [0.29, 0.717) is 11.6 Å². The van der Waals surface area contributed by atoms with Crippen LogP contribution in [0.5, 0.6) is 0 Å². The monoisotopic (exact) mass is 246 g/mol. The number of aromatic nitrogens is 3. The molecule has 0 unspecified atom stereocenters. The number of hydrogen-bond donors (Lipinski definition) is 2. The van der Waals surface area contributed by atoms with E-state index < -0.39 is 0 Å². The maximum absolute atomic E-state index is 11.6. The van der Waals surface area contributed by atoms with Gasteiger partial charge in [0, 0.05) is 23.4 Å². The quantitative estimate of drug-likeness (QED) is 0.872. The van der Waals surface area contributed by atoms with Crippen LogP contribution in [0.25, 0.3) is 0 Å². The first-order chi connectivity index (χ1) is 8.47. The van der Waals surface area contributed by atoms with Crippen LogP contribution in [0, 0.1) is 13.8 Å². The zero-order valence-corrected chi connectivity index (χ0v) is 11.1. The van der Waals surface area contributed by atoms with Gasteiger partial charge in [0.1, 0.15) is 5.82 Å². The van der Waals surface area contributed by atoms with E-state index in [0.717, 1.165) is 11.4 Å². The first kappa shape index (κ1) is 12.4. The molecule has 0 amide bonds. The Labute approximate surface area is 106 Å². The van der Waals surface area contributed by atoms with Crippen LogP contribution in [0.3, 0.4) is 0 Å². The second-order valence-corrected chi connectivity index (χ2v) is 4.73. The van der Waals surface area contributed by atoms with Crippen molar-refractivity contribution in [1.82, 2.24) is 14.6 Å². The minimum atomic E-state index is -0.140. The van der Waals surface area contributed by atoms with Crippen LogP contribution in [-0.4, -0.2) is 14.6 Å². The summed E-state index contributed by atoms with van der Waals surface area (Å²) in [5, 5.41) is 0. The summed E-state index contributed by atoms with van der Waals surface area (Å²) in [6.45, 7) is 7.98. The third-order valence-corrected chi connectivity index (χ3v) is 2.80. The topological polar surface area (TPSA) is 62.7 Å². The molecule has 5 heteroatoms. The molecular weight excluding hydrogens is 228 g/mol. The average Bonchev–Trinajstić information content (AvgIpc) is 2.60. The van der Waals surface area contributed by atoms with E-state index in [1.54, 1.807) is 0 Å². The molecule has 0 fully saturated rings. The summed E-state index contributed by atoms with van der Waals surface area (Å²) < 4.78 is 1.91. The van der Waals surface area contributed by atoms with E-state index in [-0.39, 0.29) is 11.5 Å². The van der Waals surface area contributed by atoms with Gasteiger partial charge in [-0.1, -0.05) is 13.8 Å². The summed E-state index contributed by atoms with van der Waals surface area (Å²) >= 11 is 0. The molecule has 0 spiro atoms. The molecule has 0 saturated carbocycles. The highest BCUT2D eigenvalue weighted by Gasteiger charge is 2.07. The molecule has 2 aromatic heterocycles. The molecule has 0 aliphatic carbocycles. The smallest absolute Gasteiger partial charge is 0.253 e. The standard InChI is InChI=1S/C13H18N4O/c1-8(2)13-14-11(7-12(18)15-13)16-17-9(3)5-6-10(17)4/h5-8H,1-4H3,(H2,14,15,16,18). The Balaban J connectivity index is 2.38. The number of nitrogens with one attached hydrogen (secondary N) is 2. The van der Waals surface area contributed by atoms with Crippen LogP contribution in [0.2, 0.25) is 0 Å². The lowest BCUT2D eigenvalue weighted by molar-refractivity contribution is 0.760. The van der Waals surface area contributed by atoms with Crippen molar-refractivity contribution in [2.75, 3.05) is 5.43 Å². The summed E-state index contributed by atoms with van der Waals surface area (Å²) in [4.78, 5) is 18.7. The Hall–Kier alpha value is -2.04. The van der Waals surface area contributed by atoms with Crippen molar-refractivity contribution in [3.05, 3.63) is 45.8 Å². The van der Waals surface area contributed by atoms with E-state index in [4.69, 9.17) is 0 Å². The van der Waals surface area contributed by atoms with Crippen molar-refractivity contribution in [3.8, 4) is 0 Å². The van der Waals surface area contributed by atoms with Crippen LogP contribution in [-0.2, 0) is 0 Å². The number of nitrogens with zero attached hydrogens (tertiary/aromatic N) is 2. The van der Waals surface area contributed by atoms with Crippen molar-refractivity contribution in [2.24, 2.45) is 0 Å². The van der Waals surface area contributed by atoms with Crippen LogP contribution in [0.1, 0.15) is 37.0 Å². The van der Waals surface area contributed by atoms with Gasteiger partial charge in [0.05, 0.1) is 0 Å². The van der Waals surface area contributed by atoms with Crippen molar-refractivity contribution >= 4 is 5.82 Å². The molecule has 0 atom stereocenters. The molecule has 0 aromatic carbocycles. The van der Waals surface area contributed by atoms with Gasteiger partial charge in [-0.3, -0.25) is 14.9 Å². The number of rotatable bonds is 3. The highest BCUT2D eigenvalue weighted by Crippen LogP contribution is 2.11. The lowest BCUT2D eigenvalue weighted by atomic mass is 10.2. The van der Waals surface area contributed by atoms with Crippen LogP contribution < -0.4 is 11.0 Å². The molecule has 0 aliphatic rings. The van der Waals surface area contributed by atoms with Crippen molar-refractivity contribution in [2.45, 2.75) is 33.6 Å². The van der Waals surface area contributed by atoms with Gasteiger partial charge >= 0.3 is 0 Å². The van der Waals surface area contributed by atoms with E-state index in [1.165, 1.54) is 6.07 Å². The molecule has 0 radical (unpaired) electrons. The molecule has 2 rings (SSSR count). The lowest BCUT2D eigenvalue weighted by Crippen LogP contribution is -2.18. The van der Waals surface area contributed by atoms with Gasteiger partial charge in [-0.15, -0.1) is 0 Å². The van der Waals surface area contributed by atoms with Crippen molar-refractivity contribution in [3.63, 3.8) is 0 Å². The summed E-state index contributed by atoms with van der Waals surface area (Å²) in [6, 6.07) is 5.49. The first-order valence-corrected chi connectivity index (χ1v) is 6.00. The normalized spacial score (nSPS) is 10.9. The summed E-state index contributed by atoms with van der Waals surface area (Å²) in [5.74, 6) is 1.43. The third kappa shape index (κ3) is 2.45. The molecule has 0 aliphatic heterocycles. The fourth-order valence-electron chi connectivity index (χ4n) is 1.77. The fourth-order valence-corrected chi connectivity index (χ4v) is 1.77. The number of anilines is 1. The number of hydrogen-bond acceptors (Lipinski definition) is 3. The van der Waals surface area contributed by atoms with Crippen molar-refractivity contribution < 1.29 is 0 Å². The van der Waals surface area contributed by atoms with Gasteiger partial charge < -0.3 is 4.98 Å². The molecule has 5 nitrogen and oxygen atoms in total. The largest absolute Gasteiger partial charge is 0.310 e. The molecule has 18 heavy (non-hydrogen) atoms. The predicted molar refractivity (Wildman–Crippen MR) is 71.9 cm³/mol. The van der Waals surface area contributed by atoms with Gasteiger partial charge in [0.2, 0.25) is 0 Å². The minimum Gasteiger partial charge on any atom is -0.310 e. The predicted octanol–water partition coefficient (Wildman–Crippen LogP) is 2.19. The molecule has 2 heterocycles. The zero-order chi connectivity index (χ0) is 13.3. The molecule has 0 saturated heterocycles. The number of H-pyrrole nitrogens is 1. The highest BCUT2D eigenvalue weighted by atomic mass is 16.1. The number of aromatic amines is 1. The second kappa shape index (κ2) is 4.68.